The first-order valence-electron chi connectivity index (χ1n) is 7.42. The molecule has 0 saturated carbocycles. The fraction of sp³-hybridized carbons (Fsp3) is 0.125. The van der Waals surface area contributed by atoms with Crippen molar-refractivity contribution in [2.75, 3.05) is 11.5 Å². The molecule has 2 aromatic carbocycles. The number of carbonyl (C=O) groups is 2. The number of rotatable bonds is 4. The highest BCUT2D eigenvalue weighted by atomic mass is 16.6. The van der Waals surface area contributed by atoms with Crippen molar-refractivity contribution in [3.05, 3.63) is 66.7 Å². The Hall–Kier alpha value is -4.22. The monoisotopic (exact) mass is 392 g/mol. The van der Waals surface area contributed by atoms with E-state index in [9.17, 15) is 29.8 Å². The number of aromatic carboxylic acids is 2. The van der Waals surface area contributed by atoms with Crippen molar-refractivity contribution in [1.82, 2.24) is 0 Å². The highest BCUT2D eigenvalue weighted by Gasteiger charge is 2.18. The smallest absolute Gasteiger partial charge is 0.335 e. The van der Waals surface area contributed by atoms with E-state index in [0.29, 0.717) is 11.1 Å². The zero-order chi connectivity index (χ0) is 21.8. The molecule has 2 rings (SSSR count). The lowest BCUT2D eigenvalue weighted by Gasteiger charge is -2.02. The first-order valence-corrected chi connectivity index (χ1v) is 7.42. The van der Waals surface area contributed by atoms with Crippen molar-refractivity contribution in [2.45, 2.75) is 13.8 Å². The number of aryl methyl sites for hydroxylation is 2. The minimum absolute atomic E-state index is 0.000000000000000222. The van der Waals surface area contributed by atoms with Gasteiger partial charge in [0.2, 0.25) is 0 Å². The molecule has 0 radical (unpaired) electrons. The van der Waals surface area contributed by atoms with Gasteiger partial charge in [0, 0.05) is 12.1 Å². The zero-order valence-electron chi connectivity index (χ0n) is 14.7. The predicted octanol–water partition coefficient (Wildman–Crippen LogP) is 2.37. The second kappa shape index (κ2) is 8.44. The van der Waals surface area contributed by atoms with E-state index in [-0.39, 0.29) is 33.9 Å². The first kappa shape index (κ1) is 21.8. The number of benzene rings is 2. The van der Waals surface area contributed by atoms with Gasteiger partial charge in [0.1, 0.15) is 11.4 Å². The van der Waals surface area contributed by atoms with E-state index in [1.54, 1.807) is 0 Å². The second-order valence-electron chi connectivity index (χ2n) is 5.58. The molecule has 0 unspecified atom stereocenters. The molecular weight excluding hydrogens is 376 g/mol. The van der Waals surface area contributed by atoms with Crippen LogP contribution in [0.2, 0.25) is 0 Å². The summed E-state index contributed by atoms with van der Waals surface area (Å²) in [6, 6.07) is 4.49. The van der Waals surface area contributed by atoms with Gasteiger partial charge < -0.3 is 21.7 Å². The number of nitrogen functional groups attached to an aromatic ring is 2. The summed E-state index contributed by atoms with van der Waals surface area (Å²) in [5, 5.41) is 38.2. The number of anilines is 2. The minimum atomic E-state index is -1.21. The van der Waals surface area contributed by atoms with Crippen LogP contribution >= 0.6 is 0 Å². The van der Waals surface area contributed by atoms with Crippen LogP contribution in [0, 0.1) is 34.1 Å². The van der Waals surface area contributed by atoms with Crippen LogP contribution in [0.5, 0.6) is 0 Å². The molecule has 148 valence electrons. The third-order valence-electron chi connectivity index (χ3n) is 3.62. The van der Waals surface area contributed by atoms with Crippen LogP contribution in [0.3, 0.4) is 0 Å². The number of hydrogen-bond donors (Lipinski definition) is 4. The molecule has 0 heterocycles. The molecule has 0 aliphatic heterocycles. The van der Waals surface area contributed by atoms with E-state index in [1.807, 2.05) is 0 Å². The third-order valence-corrected chi connectivity index (χ3v) is 3.62. The van der Waals surface area contributed by atoms with Crippen LogP contribution in [0.25, 0.3) is 0 Å². The summed E-state index contributed by atoms with van der Waals surface area (Å²) in [7, 11) is 0. The maximum absolute atomic E-state index is 10.6. The predicted molar refractivity (Wildman–Crippen MR) is 98.4 cm³/mol. The molecule has 0 fully saturated rings. The van der Waals surface area contributed by atoms with Crippen molar-refractivity contribution < 1.29 is 29.6 Å². The summed E-state index contributed by atoms with van der Waals surface area (Å²) in [5.41, 5.74) is 10.6. The summed E-state index contributed by atoms with van der Waals surface area (Å²) in [4.78, 5) is 40.7. The van der Waals surface area contributed by atoms with E-state index < -0.39 is 21.8 Å². The number of nitrogens with zero attached hydrogens (tertiary/aromatic N) is 2. The number of nitro benzene ring substituents is 2. The Kier molecular flexibility index (Phi) is 6.58. The van der Waals surface area contributed by atoms with Gasteiger partial charge in [-0.05, 0) is 37.1 Å². The molecule has 2 aromatic rings. The van der Waals surface area contributed by atoms with Crippen molar-refractivity contribution in [3.8, 4) is 0 Å². The summed E-state index contributed by atoms with van der Waals surface area (Å²) in [6.45, 7) is 3.05. The van der Waals surface area contributed by atoms with E-state index in [0.717, 1.165) is 12.1 Å². The van der Waals surface area contributed by atoms with Crippen LogP contribution in [0.1, 0.15) is 31.8 Å². The first-order chi connectivity index (χ1) is 12.9. The summed E-state index contributed by atoms with van der Waals surface area (Å²) < 4.78 is 0. The summed E-state index contributed by atoms with van der Waals surface area (Å²) >= 11 is 0. The molecule has 0 atom stereocenters. The number of nitrogens with two attached hydrogens (primary N) is 2. The number of nitro groups is 2. The van der Waals surface area contributed by atoms with E-state index in [4.69, 9.17) is 21.7 Å². The molecule has 6 N–H and O–H groups in total. The van der Waals surface area contributed by atoms with Gasteiger partial charge in [-0.3, -0.25) is 20.2 Å². The Morgan fingerprint density at radius 1 is 0.786 bits per heavy atom. The minimum Gasteiger partial charge on any atom is -0.478 e. The molecule has 12 heteroatoms. The largest absolute Gasteiger partial charge is 0.478 e. The third kappa shape index (κ3) is 4.91. The lowest BCUT2D eigenvalue weighted by atomic mass is 10.1. The molecule has 0 amide bonds. The van der Waals surface area contributed by atoms with Crippen molar-refractivity contribution in [1.29, 1.82) is 0 Å². The molecular formula is C16H16N4O8. The molecule has 12 nitrogen and oxygen atoms in total. The normalized spacial score (nSPS) is 9.79. The Labute approximate surface area is 157 Å². The number of carboxylic acid groups (broad SMARTS) is 2. The quantitative estimate of drug-likeness (QED) is 0.338. The second-order valence-corrected chi connectivity index (χ2v) is 5.58. The average Bonchev–Trinajstić information content (AvgIpc) is 2.59. The van der Waals surface area contributed by atoms with Gasteiger partial charge >= 0.3 is 11.9 Å². The molecule has 0 aliphatic rings. The van der Waals surface area contributed by atoms with E-state index in [1.165, 1.54) is 26.0 Å². The maximum Gasteiger partial charge on any atom is 0.335 e. The molecule has 0 aromatic heterocycles. The molecule has 0 saturated heterocycles. The lowest BCUT2D eigenvalue weighted by Crippen LogP contribution is -2.03. The van der Waals surface area contributed by atoms with Crippen molar-refractivity contribution in [2.24, 2.45) is 0 Å². The Bertz CT molecular complexity index is 908. The highest BCUT2D eigenvalue weighted by molar-refractivity contribution is 5.91. The molecule has 28 heavy (non-hydrogen) atoms. The topological polar surface area (TPSA) is 213 Å². The van der Waals surface area contributed by atoms with Crippen molar-refractivity contribution >= 4 is 34.7 Å². The van der Waals surface area contributed by atoms with Gasteiger partial charge in [-0.25, -0.2) is 9.59 Å². The van der Waals surface area contributed by atoms with Crippen LogP contribution in [0.15, 0.2) is 24.3 Å². The van der Waals surface area contributed by atoms with Crippen LogP contribution in [-0.2, 0) is 0 Å². The fourth-order valence-electron chi connectivity index (χ4n) is 2.11. The maximum atomic E-state index is 10.6. The number of hydrogen-bond acceptors (Lipinski definition) is 8. The fourth-order valence-corrected chi connectivity index (χ4v) is 2.11. The standard InChI is InChI=1S/2C8H8N2O4/c2*1-4-2-5(8(11)12)3-6(7(4)9)10(13)14/h2*2-3H,9H2,1H3,(H,11,12). The highest BCUT2D eigenvalue weighted by Crippen LogP contribution is 2.27. The van der Waals surface area contributed by atoms with Gasteiger partial charge in [-0.1, -0.05) is 0 Å². The lowest BCUT2D eigenvalue weighted by molar-refractivity contribution is -0.384. The molecule has 0 spiro atoms. The number of carboxylic acids is 2. The van der Waals surface area contributed by atoms with Crippen LogP contribution in [-0.4, -0.2) is 32.0 Å². The average molecular weight is 392 g/mol. The summed E-state index contributed by atoms with van der Waals surface area (Å²) in [6.07, 6.45) is 0. The van der Waals surface area contributed by atoms with Crippen LogP contribution < -0.4 is 11.5 Å². The zero-order valence-corrected chi connectivity index (χ0v) is 14.7. The van der Waals surface area contributed by atoms with Gasteiger partial charge in [0.15, 0.2) is 0 Å². The van der Waals surface area contributed by atoms with Gasteiger partial charge in [0.05, 0.1) is 21.0 Å². The Balaban J connectivity index is 0.000000280. The van der Waals surface area contributed by atoms with E-state index in [2.05, 4.69) is 0 Å². The summed E-state index contributed by atoms with van der Waals surface area (Å²) in [5.74, 6) is -2.42. The molecule has 0 aliphatic carbocycles. The Morgan fingerprint density at radius 2 is 1.07 bits per heavy atom. The Morgan fingerprint density at radius 3 is 1.29 bits per heavy atom. The SMILES string of the molecule is Cc1cc(C(=O)O)cc([N+](=O)[O-])c1N.Cc1cc(C(=O)O)cc([N+](=O)[O-])c1N. The van der Waals surface area contributed by atoms with Gasteiger partial charge in [-0.2, -0.15) is 0 Å². The van der Waals surface area contributed by atoms with Crippen molar-refractivity contribution in [3.63, 3.8) is 0 Å². The van der Waals surface area contributed by atoms with Gasteiger partial charge in [0.25, 0.3) is 11.4 Å². The molecule has 0 bridgehead atoms. The van der Waals surface area contributed by atoms with Crippen LogP contribution in [0.4, 0.5) is 22.7 Å². The van der Waals surface area contributed by atoms with Gasteiger partial charge in [-0.15, -0.1) is 0 Å². The van der Waals surface area contributed by atoms with E-state index >= 15 is 0 Å².